The molecule has 0 N–H and O–H groups in total. The summed E-state index contributed by atoms with van der Waals surface area (Å²) in [5, 5.41) is 8.81. The molecule has 6 heteroatoms. The van der Waals surface area contributed by atoms with Gasteiger partial charge in [0.15, 0.2) is 9.84 Å². The Morgan fingerprint density at radius 2 is 2.33 bits per heavy atom. The van der Waals surface area contributed by atoms with E-state index in [9.17, 15) is 13.2 Å². The molecule has 1 aliphatic heterocycles. The lowest BCUT2D eigenvalue weighted by Gasteiger charge is -2.13. The van der Waals surface area contributed by atoms with E-state index in [2.05, 4.69) is 0 Å². The monoisotopic (exact) mass is 231 g/mol. The zero-order chi connectivity index (χ0) is 11.5. The van der Waals surface area contributed by atoms with Crippen molar-refractivity contribution in [2.45, 2.75) is 13.3 Å². The molecule has 1 rings (SSSR count). The summed E-state index contributed by atoms with van der Waals surface area (Å²) in [5.74, 6) is -1.97. The van der Waals surface area contributed by atoms with Gasteiger partial charge in [-0.25, -0.2) is 8.42 Å². The number of esters is 1. The molecular formula is C9H13NO4S. The van der Waals surface area contributed by atoms with Crippen molar-refractivity contribution >= 4 is 15.8 Å². The first-order valence-corrected chi connectivity index (χ1v) is 6.59. The first kappa shape index (κ1) is 12.0. The molecule has 0 unspecified atom stereocenters. The quantitative estimate of drug-likeness (QED) is 0.644. The van der Waals surface area contributed by atoms with E-state index in [-0.39, 0.29) is 18.1 Å². The van der Waals surface area contributed by atoms with Crippen LogP contribution < -0.4 is 0 Å². The van der Waals surface area contributed by atoms with Gasteiger partial charge in [0.2, 0.25) is 0 Å². The zero-order valence-corrected chi connectivity index (χ0v) is 9.29. The van der Waals surface area contributed by atoms with Crippen molar-refractivity contribution in [1.82, 2.24) is 0 Å². The van der Waals surface area contributed by atoms with Crippen LogP contribution in [-0.2, 0) is 19.4 Å². The summed E-state index contributed by atoms with van der Waals surface area (Å²) >= 11 is 0. The molecule has 0 bridgehead atoms. The Labute approximate surface area is 88.9 Å². The number of hydrogen-bond donors (Lipinski definition) is 0. The average Bonchev–Trinajstić information content (AvgIpc) is 2.48. The fourth-order valence-electron chi connectivity index (χ4n) is 1.67. The van der Waals surface area contributed by atoms with Crippen LogP contribution in [0.1, 0.15) is 13.3 Å². The third-order valence-corrected chi connectivity index (χ3v) is 4.21. The van der Waals surface area contributed by atoms with Crippen molar-refractivity contribution in [1.29, 1.82) is 5.26 Å². The normalized spacial score (nSPS) is 25.5. The molecule has 15 heavy (non-hydrogen) atoms. The lowest BCUT2D eigenvalue weighted by atomic mass is 9.93. The van der Waals surface area contributed by atoms with Gasteiger partial charge in [-0.1, -0.05) is 0 Å². The van der Waals surface area contributed by atoms with Gasteiger partial charge >= 0.3 is 5.97 Å². The summed E-state index contributed by atoms with van der Waals surface area (Å²) in [7, 11) is -3.06. The van der Waals surface area contributed by atoms with Gasteiger partial charge in [0.25, 0.3) is 0 Å². The Hall–Kier alpha value is -1.09. The number of sulfone groups is 1. The van der Waals surface area contributed by atoms with Crippen LogP contribution in [0.25, 0.3) is 0 Å². The Balaban J connectivity index is 2.70. The van der Waals surface area contributed by atoms with E-state index >= 15 is 0 Å². The standard InChI is InChI=1S/C9H13NO4S/c1-2-14-9(11)8(5-10)7-3-4-15(12,13)6-7/h7-8H,2-4,6H2,1H3/t7-,8-/m0/s1. The highest BCUT2D eigenvalue weighted by atomic mass is 32.2. The Bertz CT molecular complexity index is 381. The van der Waals surface area contributed by atoms with E-state index in [0.717, 1.165) is 0 Å². The average molecular weight is 231 g/mol. The molecule has 0 aliphatic carbocycles. The molecule has 0 aromatic rings. The van der Waals surface area contributed by atoms with E-state index in [1.54, 1.807) is 6.92 Å². The molecule has 0 aromatic heterocycles. The molecule has 84 valence electrons. The zero-order valence-electron chi connectivity index (χ0n) is 8.47. The van der Waals surface area contributed by atoms with Crippen LogP contribution in [0.2, 0.25) is 0 Å². The van der Waals surface area contributed by atoms with Gasteiger partial charge in [0.1, 0.15) is 5.92 Å². The maximum absolute atomic E-state index is 11.3. The SMILES string of the molecule is CCOC(=O)[C@@H](C#N)[C@H]1CCS(=O)(=O)C1. The largest absolute Gasteiger partial charge is 0.465 e. The highest BCUT2D eigenvalue weighted by molar-refractivity contribution is 7.91. The number of nitrogens with zero attached hydrogens (tertiary/aromatic N) is 1. The molecule has 1 aliphatic rings. The summed E-state index contributed by atoms with van der Waals surface area (Å²) in [6.45, 7) is 1.86. The lowest BCUT2D eigenvalue weighted by Crippen LogP contribution is -2.25. The van der Waals surface area contributed by atoms with Crippen molar-refractivity contribution in [3.05, 3.63) is 0 Å². The van der Waals surface area contributed by atoms with Gasteiger partial charge < -0.3 is 4.74 Å². The van der Waals surface area contributed by atoms with Crippen LogP contribution >= 0.6 is 0 Å². The van der Waals surface area contributed by atoms with E-state index in [4.69, 9.17) is 10.00 Å². The predicted octanol–water partition coefficient (Wildman–Crippen LogP) is 0.124. The van der Waals surface area contributed by atoms with Crippen LogP contribution in [0.4, 0.5) is 0 Å². The van der Waals surface area contributed by atoms with Gasteiger partial charge in [-0.3, -0.25) is 4.79 Å². The summed E-state index contributed by atoms with van der Waals surface area (Å²) in [5.41, 5.74) is 0. The first-order chi connectivity index (χ1) is 7.00. The Morgan fingerprint density at radius 1 is 1.67 bits per heavy atom. The van der Waals surface area contributed by atoms with Crippen LogP contribution in [0.5, 0.6) is 0 Å². The Morgan fingerprint density at radius 3 is 2.73 bits per heavy atom. The van der Waals surface area contributed by atoms with Crippen LogP contribution in [-0.4, -0.2) is 32.5 Å². The molecule has 0 aromatic carbocycles. The molecule has 0 radical (unpaired) electrons. The molecular weight excluding hydrogens is 218 g/mol. The lowest BCUT2D eigenvalue weighted by molar-refractivity contribution is -0.147. The third-order valence-electron chi connectivity index (χ3n) is 2.42. The van der Waals surface area contributed by atoms with Crippen molar-refractivity contribution in [3.8, 4) is 6.07 Å². The minimum atomic E-state index is -3.06. The molecule has 0 spiro atoms. The van der Waals surface area contributed by atoms with Gasteiger partial charge in [-0.05, 0) is 13.3 Å². The number of carbonyl (C=O) groups is 1. The van der Waals surface area contributed by atoms with Crippen molar-refractivity contribution in [2.75, 3.05) is 18.1 Å². The minimum Gasteiger partial charge on any atom is -0.465 e. The minimum absolute atomic E-state index is 0.0647. The second-order valence-corrected chi connectivity index (χ2v) is 5.75. The van der Waals surface area contributed by atoms with Gasteiger partial charge in [-0.15, -0.1) is 0 Å². The summed E-state index contributed by atoms with van der Waals surface area (Å²) in [4.78, 5) is 11.3. The molecule has 1 saturated heterocycles. The molecule has 1 heterocycles. The molecule has 0 amide bonds. The molecule has 0 saturated carbocycles. The van der Waals surface area contributed by atoms with Crippen LogP contribution in [0.15, 0.2) is 0 Å². The second-order valence-electron chi connectivity index (χ2n) is 3.52. The highest BCUT2D eigenvalue weighted by Crippen LogP contribution is 2.26. The summed E-state index contributed by atoms with van der Waals surface area (Å²) < 4.78 is 27.1. The number of ether oxygens (including phenoxy) is 1. The second kappa shape index (κ2) is 4.62. The predicted molar refractivity (Wildman–Crippen MR) is 52.5 cm³/mol. The Kier molecular flexibility index (Phi) is 3.69. The molecule has 1 fully saturated rings. The van der Waals surface area contributed by atoms with Crippen molar-refractivity contribution < 1.29 is 17.9 Å². The number of hydrogen-bond acceptors (Lipinski definition) is 5. The van der Waals surface area contributed by atoms with E-state index in [0.29, 0.717) is 6.42 Å². The highest BCUT2D eigenvalue weighted by Gasteiger charge is 2.38. The third kappa shape index (κ3) is 2.93. The first-order valence-electron chi connectivity index (χ1n) is 4.77. The van der Waals surface area contributed by atoms with E-state index in [1.807, 2.05) is 6.07 Å². The van der Waals surface area contributed by atoms with Gasteiger partial charge in [0.05, 0.1) is 24.2 Å². The van der Waals surface area contributed by atoms with Crippen molar-refractivity contribution in [3.63, 3.8) is 0 Å². The fourth-order valence-corrected chi connectivity index (χ4v) is 3.51. The fraction of sp³-hybridized carbons (Fsp3) is 0.778. The molecule has 5 nitrogen and oxygen atoms in total. The van der Waals surface area contributed by atoms with Crippen molar-refractivity contribution in [2.24, 2.45) is 11.8 Å². The van der Waals surface area contributed by atoms with Gasteiger partial charge in [-0.2, -0.15) is 5.26 Å². The summed E-state index contributed by atoms with van der Waals surface area (Å²) in [6, 6.07) is 1.83. The smallest absolute Gasteiger partial charge is 0.323 e. The number of nitriles is 1. The summed E-state index contributed by atoms with van der Waals surface area (Å²) in [6.07, 6.45) is 0.374. The number of carbonyl (C=O) groups excluding carboxylic acids is 1. The van der Waals surface area contributed by atoms with E-state index in [1.165, 1.54) is 0 Å². The maximum Gasteiger partial charge on any atom is 0.323 e. The topological polar surface area (TPSA) is 84.2 Å². The maximum atomic E-state index is 11.3. The van der Waals surface area contributed by atoms with E-state index < -0.39 is 27.6 Å². The van der Waals surface area contributed by atoms with Crippen LogP contribution in [0.3, 0.4) is 0 Å². The number of rotatable bonds is 3. The van der Waals surface area contributed by atoms with Gasteiger partial charge in [0, 0.05) is 5.92 Å². The molecule has 2 atom stereocenters. The van der Waals surface area contributed by atoms with Crippen LogP contribution in [0, 0.1) is 23.2 Å².